The van der Waals surface area contributed by atoms with Crippen LogP contribution < -0.4 is 0 Å². The lowest BCUT2D eigenvalue weighted by atomic mass is 9.69. The average Bonchev–Trinajstić information content (AvgIpc) is 2.41. The van der Waals surface area contributed by atoms with Gasteiger partial charge in [0.1, 0.15) is 0 Å². The summed E-state index contributed by atoms with van der Waals surface area (Å²) in [4.78, 5) is 2.54. The van der Waals surface area contributed by atoms with Gasteiger partial charge in [-0.3, -0.25) is 0 Å². The Balaban J connectivity index is 1.81. The summed E-state index contributed by atoms with van der Waals surface area (Å²) in [6.45, 7) is 10.3. The zero-order chi connectivity index (χ0) is 13.9. The van der Waals surface area contributed by atoms with E-state index in [1.807, 2.05) is 0 Å². The van der Waals surface area contributed by atoms with Crippen LogP contribution >= 0.6 is 0 Å². The monoisotopic (exact) mass is 267 g/mol. The third-order valence-corrected chi connectivity index (χ3v) is 5.53. The number of piperidine rings is 1. The smallest absolute Gasteiger partial charge is 0.0700 e. The van der Waals surface area contributed by atoms with E-state index in [1.54, 1.807) is 0 Å². The molecule has 0 unspecified atom stereocenters. The summed E-state index contributed by atoms with van der Waals surface area (Å²) in [5.41, 5.74) is -0.341. The van der Waals surface area contributed by atoms with E-state index in [2.05, 4.69) is 25.7 Å². The summed E-state index contributed by atoms with van der Waals surface area (Å²) in [5, 5.41) is 11.0. The SMILES string of the molecule is CCC1CCC(C2(O)CCN(CC(C)C)CC2)CC1. The largest absolute Gasteiger partial charge is 0.390 e. The molecule has 2 heteroatoms. The molecule has 1 aliphatic heterocycles. The van der Waals surface area contributed by atoms with Gasteiger partial charge in [-0.15, -0.1) is 0 Å². The molecule has 1 saturated carbocycles. The average molecular weight is 267 g/mol. The molecule has 2 nitrogen and oxygen atoms in total. The van der Waals surface area contributed by atoms with E-state index < -0.39 is 0 Å². The summed E-state index contributed by atoms with van der Waals surface area (Å²) in [6.07, 6.45) is 8.55. The molecule has 0 aromatic rings. The molecule has 2 aliphatic rings. The van der Waals surface area contributed by atoms with Crippen LogP contribution in [0.1, 0.15) is 65.7 Å². The summed E-state index contributed by atoms with van der Waals surface area (Å²) in [6, 6.07) is 0. The molecule has 2 fully saturated rings. The Morgan fingerprint density at radius 2 is 1.68 bits per heavy atom. The number of nitrogens with zero attached hydrogens (tertiary/aromatic N) is 1. The highest BCUT2D eigenvalue weighted by atomic mass is 16.3. The zero-order valence-corrected chi connectivity index (χ0v) is 13.2. The summed E-state index contributed by atoms with van der Waals surface area (Å²) < 4.78 is 0. The quantitative estimate of drug-likeness (QED) is 0.840. The van der Waals surface area contributed by atoms with Crippen molar-refractivity contribution in [1.29, 1.82) is 0 Å². The van der Waals surface area contributed by atoms with Crippen LogP contribution in [-0.4, -0.2) is 35.2 Å². The van der Waals surface area contributed by atoms with Crippen molar-refractivity contribution < 1.29 is 5.11 Å². The van der Waals surface area contributed by atoms with E-state index in [9.17, 15) is 5.11 Å². The Morgan fingerprint density at radius 3 is 2.16 bits per heavy atom. The van der Waals surface area contributed by atoms with E-state index in [0.717, 1.165) is 37.8 Å². The molecule has 0 aromatic heterocycles. The Bertz CT molecular complexity index is 260. The maximum atomic E-state index is 11.0. The molecule has 1 heterocycles. The van der Waals surface area contributed by atoms with E-state index in [4.69, 9.17) is 0 Å². The second-order valence-electron chi connectivity index (χ2n) is 7.42. The van der Waals surface area contributed by atoms with Gasteiger partial charge in [-0.05, 0) is 43.4 Å². The minimum atomic E-state index is -0.341. The number of aliphatic hydroxyl groups is 1. The van der Waals surface area contributed by atoms with Crippen molar-refractivity contribution in [3.05, 3.63) is 0 Å². The van der Waals surface area contributed by atoms with Gasteiger partial charge in [0, 0.05) is 19.6 Å². The third kappa shape index (κ3) is 3.95. The van der Waals surface area contributed by atoms with Crippen molar-refractivity contribution in [2.75, 3.05) is 19.6 Å². The molecule has 0 atom stereocenters. The molecule has 112 valence electrons. The second-order valence-corrected chi connectivity index (χ2v) is 7.42. The molecule has 0 radical (unpaired) electrons. The maximum absolute atomic E-state index is 11.0. The first-order chi connectivity index (χ1) is 9.03. The van der Waals surface area contributed by atoms with Crippen molar-refractivity contribution >= 4 is 0 Å². The number of hydrogen-bond acceptors (Lipinski definition) is 2. The Morgan fingerprint density at radius 1 is 1.11 bits per heavy atom. The predicted molar refractivity (Wildman–Crippen MR) is 81.2 cm³/mol. The second kappa shape index (κ2) is 6.58. The van der Waals surface area contributed by atoms with E-state index >= 15 is 0 Å². The van der Waals surface area contributed by atoms with Gasteiger partial charge in [0.05, 0.1) is 5.60 Å². The molecular formula is C17H33NO. The standard InChI is InChI=1S/C17H33NO/c1-4-15-5-7-16(8-6-15)17(19)9-11-18(12-10-17)13-14(2)3/h14-16,19H,4-13H2,1-3H3. The summed E-state index contributed by atoms with van der Waals surface area (Å²) in [7, 11) is 0. The lowest BCUT2D eigenvalue weighted by Crippen LogP contribution is -2.50. The lowest BCUT2D eigenvalue weighted by Gasteiger charge is -2.45. The van der Waals surface area contributed by atoms with Gasteiger partial charge in [0.25, 0.3) is 0 Å². The zero-order valence-electron chi connectivity index (χ0n) is 13.2. The molecule has 19 heavy (non-hydrogen) atoms. The summed E-state index contributed by atoms with van der Waals surface area (Å²) >= 11 is 0. The van der Waals surface area contributed by atoms with Gasteiger partial charge >= 0.3 is 0 Å². The lowest BCUT2D eigenvalue weighted by molar-refractivity contribution is -0.0820. The van der Waals surface area contributed by atoms with Gasteiger partial charge in [-0.1, -0.05) is 40.0 Å². The molecule has 1 aliphatic carbocycles. The molecule has 1 saturated heterocycles. The maximum Gasteiger partial charge on any atom is 0.0700 e. The first kappa shape index (κ1) is 15.3. The molecule has 0 amide bonds. The van der Waals surface area contributed by atoms with Crippen molar-refractivity contribution in [2.24, 2.45) is 17.8 Å². The van der Waals surface area contributed by atoms with Gasteiger partial charge < -0.3 is 10.0 Å². The molecule has 2 rings (SSSR count). The predicted octanol–water partition coefficient (Wildman–Crippen LogP) is 3.69. The number of likely N-dealkylation sites (tertiary alicyclic amines) is 1. The van der Waals surface area contributed by atoms with Crippen LogP contribution in [0.3, 0.4) is 0 Å². The van der Waals surface area contributed by atoms with Crippen LogP contribution in [0.15, 0.2) is 0 Å². The van der Waals surface area contributed by atoms with Crippen LogP contribution in [-0.2, 0) is 0 Å². The highest BCUT2D eigenvalue weighted by molar-refractivity contribution is 4.93. The number of rotatable bonds is 4. The van der Waals surface area contributed by atoms with Crippen LogP contribution in [0.2, 0.25) is 0 Å². The topological polar surface area (TPSA) is 23.5 Å². The van der Waals surface area contributed by atoms with Crippen molar-refractivity contribution in [3.63, 3.8) is 0 Å². The van der Waals surface area contributed by atoms with Crippen molar-refractivity contribution in [3.8, 4) is 0 Å². The van der Waals surface area contributed by atoms with E-state index in [1.165, 1.54) is 38.6 Å². The van der Waals surface area contributed by atoms with E-state index in [-0.39, 0.29) is 5.60 Å². The normalized spacial score (nSPS) is 32.7. The fourth-order valence-corrected chi connectivity index (χ4v) is 4.16. The van der Waals surface area contributed by atoms with Gasteiger partial charge in [-0.2, -0.15) is 0 Å². The van der Waals surface area contributed by atoms with Gasteiger partial charge in [0.15, 0.2) is 0 Å². The number of hydrogen-bond donors (Lipinski definition) is 1. The van der Waals surface area contributed by atoms with Crippen molar-refractivity contribution in [2.45, 2.75) is 71.3 Å². The van der Waals surface area contributed by atoms with Gasteiger partial charge in [-0.25, -0.2) is 0 Å². The van der Waals surface area contributed by atoms with Crippen molar-refractivity contribution in [1.82, 2.24) is 4.90 Å². The molecule has 0 aromatic carbocycles. The molecule has 0 bridgehead atoms. The van der Waals surface area contributed by atoms with Crippen LogP contribution in [0.4, 0.5) is 0 Å². The Labute approximate surface area is 119 Å². The Hall–Kier alpha value is -0.0800. The minimum Gasteiger partial charge on any atom is -0.390 e. The summed E-state index contributed by atoms with van der Waals surface area (Å²) in [5.74, 6) is 2.25. The fraction of sp³-hybridized carbons (Fsp3) is 1.00. The van der Waals surface area contributed by atoms with Crippen LogP contribution in [0, 0.1) is 17.8 Å². The molecular weight excluding hydrogens is 234 g/mol. The molecule has 1 N–H and O–H groups in total. The van der Waals surface area contributed by atoms with Gasteiger partial charge in [0.2, 0.25) is 0 Å². The van der Waals surface area contributed by atoms with Crippen LogP contribution in [0.25, 0.3) is 0 Å². The minimum absolute atomic E-state index is 0.341. The first-order valence-electron chi connectivity index (χ1n) is 8.48. The van der Waals surface area contributed by atoms with Crippen LogP contribution in [0.5, 0.6) is 0 Å². The molecule has 0 spiro atoms. The highest BCUT2D eigenvalue weighted by Gasteiger charge is 2.40. The van der Waals surface area contributed by atoms with E-state index in [0.29, 0.717) is 5.92 Å². The highest BCUT2D eigenvalue weighted by Crippen LogP contribution is 2.41. The fourth-order valence-electron chi connectivity index (χ4n) is 4.16. The first-order valence-corrected chi connectivity index (χ1v) is 8.48. The third-order valence-electron chi connectivity index (χ3n) is 5.53. The Kier molecular flexibility index (Phi) is 5.30.